The van der Waals surface area contributed by atoms with Gasteiger partial charge in [-0.25, -0.2) is 4.39 Å². The monoisotopic (exact) mass is 197 g/mol. The van der Waals surface area contributed by atoms with Crippen molar-refractivity contribution < 1.29 is 9.50 Å². The third kappa shape index (κ3) is 3.85. The molecule has 0 heterocycles. The lowest BCUT2D eigenvalue weighted by Crippen LogP contribution is -2.30. The standard InChI is InChI=1S/C11H16FNO/c1-9(13-5-6-14)7-10-3-2-4-11(12)8-10/h2-4,8-9,13-14H,5-7H2,1H3. The highest BCUT2D eigenvalue weighted by Gasteiger charge is 2.02. The van der Waals surface area contributed by atoms with E-state index >= 15 is 0 Å². The maximum atomic E-state index is 12.8. The maximum absolute atomic E-state index is 12.8. The predicted octanol–water partition coefficient (Wildman–Crippen LogP) is 1.34. The average molecular weight is 197 g/mol. The van der Waals surface area contributed by atoms with Crippen molar-refractivity contribution in [1.29, 1.82) is 0 Å². The van der Waals surface area contributed by atoms with E-state index < -0.39 is 0 Å². The highest BCUT2D eigenvalue weighted by atomic mass is 19.1. The lowest BCUT2D eigenvalue weighted by atomic mass is 10.1. The largest absolute Gasteiger partial charge is 0.395 e. The van der Waals surface area contributed by atoms with E-state index in [-0.39, 0.29) is 18.5 Å². The molecule has 3 heteroatoms. The predicted molar refractivity (Wildman–Crippen MR) is 54.7 cm³/mol. The summed E-state index contributed by atoms with van der Waals surface area (Å²) in [5.41, 5.74) is 0.975. The molecule has 0 aliphatic rings. The van der Waals surface area contributed by atoms with Crippen LogP contribution in [0.25, 0.3) is 0 Å². The second-order valence-electron chi connectivity index (χ2n) is 3.41. The van der Waals surface area contributed by atoms with Crippen LogP contribution >= 0.6 is 0 Å². The van der Waals surface area contributed by atoms with Crippen LogP contribution in [0.2, 0.25) is 0 Å². The van der Waals surface area contributed by atoms with Crippen LogP contribution in [0, 0.1) is 5.82 Å². The van der Waals surface area contributed by atoms with E-state index in [9.17, 15) is 4.39 Å². The zero-order chi connectivity index (χ0) is 10.4. The van der Waals surface area contributed by atoms with Gasteiger partial charge in [-0.2, -0.15) is 0 Å². The highest BCUT2D eigenvalue weighted by Crippen LogP contribution is 2.06. The van der Waals surface area contributed by atoms with Crippen molar-refractivity contribution in [2.75, 3.05) is 13.2 Å². The van der Waals surface area contributed by atoms with Crippen LogP contribution in [0.15, 0.2) is 24.3 Å². The molecule has 14 heavy (non-hydrogen) atoms. The van der Waals surface area contributed by atoms with Crippen LogP contribution < -0.4 is 5.32 Å². The minimum atomic E-state index is -0.197. The molecule has 1 unspecified atom stereocenters. The second kappa shape index (κ2) is 5.73. The van der Waals surface area contributed by atoms with Gasteiger partial charge in [-0.3, -0.25) is 0 Å². The molecule has 0 saturated heterocycles. The molecule has 1 atom stereocenters. The number of aliphatic hydroxyl groups excluding tert-OH is 1. The van der Waals surface area contributed by atoms with Crippen molar-refractivity contribution in [3.05, 3.63) is 35.6 Å². The van der Waals surface area contributed by atoms with E-state index in [0.717, 1.165) is 12.0 Å². The van der Waals surface area contributed by atoms with Crippen LogP contribution in [0.3, 0.4) is 0 Å². The molecule has 2 nitrogen and oxygen atoms in total. The number of benzene rings is 1. The van der Waals surface area contributed by atoms with E-state index in [4.69, 9.17) is 5.11 Å². The maximum Gasteiger partial charge on any atom is 0.123 e. The van der Waals surface area contributed by atoms with Gasteiger partial charge in [0.15, 0.2) is 0 Å². The van der Waals surface area contributed by atoms with Gasteiger partial charge in [0, 0.05) is 12.6 Å². The summed E-state index contributed by atoms with van der Waals surface area (Å²) in [6, 6.07) is 6.85. The van der Waals surface area contributed by atoms with Gasteiger partial charge in [0.1, 0.15) is 5.82 Å². The van der Waals surface area contributed by atoms with Gasteiger partial charge < -0.3 is 10.4 Å². The first-order valence-corrected chi connectivity index (χ1v) is 4.81. The van der Waals surface area contributed by atoms with Crippen molar-refractivity contribution >= 4 is 0 Å². The molecule has 0 bridgehead atoms. The van der Waals surface area contributed by atoms with Crippen LogP contribution in [-0.2, 0) is 6.42 Å². The normalized spacial score (nSPS) is 12.8. The Balaban J connectivity index is 2.43. The summed E-state index contributed by atoms with van der Waals surface area (Å²) in [6.07, 6.45) is 0.776. The second-order valence-corrected chi connectivity index (χ2v) is 3.41. The summed E-state index contributed by atoms with van der Waals surface area (Å²) >= 11 is 0. The Morgan fingerprint density at radius 2 is 2.29 bits per heavy atom. The first-order chi connectivity index (χ1) is 6.72. The van der Waals surface area contributed by atoms with E-state index in [0.29, 0.717) is 6.54 Å². The quantitative estimate of drug-likeness (QED) is 0.746. The van der Waals surface area contributed by atoms with Gasteiger partial charge >= 0.3 is 0 Å². The molecular weight excluding hydrogens is 181 g/mol. The summed E-state index contributed by atoms with van der Waals surface area (Å²) in [4.78, 5) is 0. The molecule has 0 amide bonds. The average Bonchev–Trinajstić information content (AvgIpc) is 2.15. The lowest BCUT2D eigenvalue weighted by Gasteiger charge is -2.12. The van der Waals surface area contributed by atoms with Crippen LogP contribution in [0.1, 0.15) is 12.5 Å². The minimum absolute atomic E-state index is 0.132. The van der Waals surface area contributed by atoms with Crippen molar-refractivity contribution in [2.24, 2.45) is 0 Å². The molecule has 0 radical (unpaired) electrons. The smallest absolute Gasteiger partial charge is 0.123 e. The van der Waals surface area contributed by atoms with Crippen molar-refractivity contribution in [3.63, 3.8) is 0 Å². The molecule has 0 saturated carbocycles. The Kier molecular flexibility index (Phi) is 4.56. The topological polar surface area (TPSA) is 32.3 Å². The third-order valence-corrected chi connectivity index (χ3v) is 2.04. The van der Waals surface area contributed by atoms with Crippen LogP contribution in [0.5, 0.6) is 0 Å². The van der Waals surface area contributed by atoms with Crippen molar-refractivity contribution in [2.45, 2.75) is 19.4 Å². The fourth-order valence-electron chi connectivity index (χ4n) is 1.40. The highest BCUT2D eigenvalue weighted by molar-refractivity contribution is 5.17. The van der Waals surface area contributed by atoms with Crippen molar-refractivity contribution in [3.8, 4) is 0 Å². The first-order valence-electron chi connectivity index (χ1n) is 4.81. The van der Waals surface area contributed by atoms with Crippen LogP contribution in [0.4, 0.5) is 4.39 Å². The summed E-state index contributed by atoms with van der Waals surface area (Å²) < 4.78 is 12.8. The fraction of sp³-hybridized carbons (Fsp3) is 0.455. The molecule has 78 valence electrons. The molecule has 1 aromatic carbocycles. The Bertz CT molecular complexity index is 278. The summed E-state index contributed by atoms with van der Waals surface area (Å²) in [5, 5.41) is 11.7. The first kappa shape index (κ1) is 11.1. The summed E-state index contributed by atoms with van der Waals surface area (Å²) in [6.45, 7) is 2.73. The molecule has 2 N–H and O–H groups in total. The lowest BCUT2D eigenvalue weighted by molar-refractivity contribution is 0.285. The molecular formula is C11H16FNO. The number of hydrogen-bond donors (Lipinski definition) is 2. The zero-order valence-electron chi connectivity index (χ0n) is 8.33. The molecule has 0 fully saturated rings. The van der Waals surface area contributed by atoms with Gasteiger partial charge in [-0.1, -0.05) is 12.1 Å². The number of hydrogen-bond acceptors (Lipinski definition) is 2. The summed E-state index contributed by atoms with van der Waals surface area (Å²) in [5.74, 6) is -0.197. The Hall–Kier alpha value is -0.930. The zero-order valence-corrected chi connectivity index (χ0v) is 8.33. The molecule has 1 aromatic rings. The molecule has 0 aromatic heterocycles. The number of aliphatic hydroxyl groups is 1. The van der Waals surface area contributed by atoms with Crippen LogP contribution in [-0.4, -0.2) is 24.3 Å². The Morgan fingerprint density at radius 3 is 2.93 bits per heavy atom. The fourth-order valence-corrected chi connectivity index (χ4v) is 1.40. The van der Waals surface area contributed by atoms with E-state index in [1.807, 2.05) is 13.0 Å². The van der Waals surface area contributed by atoms with Gasteiger partial charge in [0.05, 0.1) is 6.61 Å². The van der Waals surface area contributed by atoms with Gasteiger partial charge in [-0.05, 0) is 31.0 Å². The van der Waals surface area contributed by atoms with E-state index in [1.165, 1.54) is 12.1 Å². The Morgan fingerprint density at radius 1 is 1.50 bits per heavy atom. The SMILES string of the molecule is CC(Cc1cccc(F)c1)NCCO. The number of rotatable bonds is 5. The summed E-state index contributed by atoms with van der Waals surface area (Å²) in [7, 11) is 0. The number of halogens is 1. The third-order valence-electron chi connectivity index (χ3n) is 2.04. The molecule has 0 aliphatic heterocycles. The number of nitrogens with one attached hydrogen (secondary N) is 1. The molecule has 0 spiro atoms. The Labute approximate surface area is 83.8 Å². The van der Waals surface area contributed by atoms with Crippen molar-refractivity contribution in [1.82, 2.24) is 5.32 Å². The van der Waals surface area contributed by atoms with Gasteiger partial charge in [0.2, 0.25) is 0 Å². The van der Waals surface area contributed by atoms with Gasteiger partial charge in [0.25, 0.3) is 0 Å². The van der Waals surface area contributed by atoms with E-state index in [2.05, 4.69) is 5.32 Å². The molecule has 0 aliphatic carbocycles. The minimum Gasteiger partial charge on any atom is -0.395 e. The molecule has 1 rings (SSSR count). The van der Waals surface area contributed by atoms with E-state index in [1.54, 1.807) is 6.07 Å². The van der Waals surface area contributed by atoms with Gasteiger partial charge in [-0.15, -0.1) is 0 Å².